The zero-order chi connectivity index (χ0) is 12.0. The number of carboxylic acid groups (broad SMARTS) is 1. The van der Waals surface area contributed by atoms with Crippen molar-refractivity contribution < 1.29 is 9.90 Å². The lowest BCUT2D eigenvalue weighted by Crippen LogP contribution is -2.08. The molecule has 0 radical (unpaired) electrons. The summed E-state index contributed by atoms with van der Waals surface area (Å²) in [7, 11) is 0. The predicted molar refractivity (Wildman–Crippen MR) is 60.9 cm³/mol. The summed E-state index contributed by atoms with van der Waals surface area (Å²) in [6.45, 7) is 2.08. The summed E-state index contributed by atoms with van der Waals surface area (Å²) >= 11 is 0. The third-order valence-corrected chi connectivity index (χ3v) is 2.52. The molecule has 84 valence electrons. The minimum Gasteiger partial charge on any atom is -0.481 e. The number of carbonyl (C=O) groups is 1. The van der Waals surface area contributed by atoms with Crippen LogP contribution in [0.4, 0.5) is 0 Å². The largest absolute Gasteiger partial charge is 0.481 e. The highest BCUT2D eigenvalue weighted by molar-refractivity contribution is 5.67. The van der Waals surface area contributed by atoms with Crippen LogP contribution in [-0.4, -0.2) is 11.1 Å². The third-order valence-electron chi connectivity index (χ3n) is 2.52. The minimum atomic E-state index is -0.920. The van der Waals surface area contributed by atoms with Crippen molar-refractivity contribution >= 4 is 5.97 Å². The van der Waals surface area contributed by atoms with E-state index in [0.717, 1.165) is 12.0 Å². The van der Waals surface area contributed by atoms with Crippen molar-refractivity contribution in [1.29, 1.82) is 5.26 Å². The molecule has 0 aliphatic heterocycles. The zero-order valence-corrected chi connectivity index (χ0v) is 9.31. The Labute approximate surface area is 95.3 Å². The average molecular weight is 217 g/mol. The molecule has 0 amide bonds. The second-order valence-corrected chi connectivity index (χ2v) is 3.80. The van der Waals surface area contributed by atoms with Gasteiger partial charge >= 0.3 is 5.97 Å². The van der Waals surface area contributed by atoms with E-state index in [0.29, 0.717) is 6.42 Å². The zero-order valence-electron chi connectivity index (χ0n) is 9.31. The van der Waals surface area contributed by atoms with Gasteiger partial charge in [-0.05, 0) is 24.0 Å². The van der Waals surface area contributed by atoms with Crippen molar-refractivity contribution in [1.82, 2.24) is 0 Å². The van der Waals surface area contributed by atoms with Crippen LogP contribution in [0.15, 0.2) is 24.3 Å². The number of nitrogens with zero attached hydrogens (tertiary/aromatic N) is 1. The highest BCUT2D eigenvalue weighted by Gasteiger charge is 2.12. The highest BCUT2D eigenvalue weighted by atomic mass is 16.4. The SMILES string of the molecule is CCc1ccc(CC(C#N)CC(=O)O)cc1. The highest BCUT2D eigenvalue weighted by Crippen LogP contribution is 2.13. The molecular weight excluding hydrogens is 202 g/mol. The van der Waals surface area contributed by atoms with Crippen LogP contribution in [-0.2, 0) is 17.6 Å². The number of carboxylic acids is 1. The van der Waals surface area contributed by atoms with Crippen molar-refractivity contribution in [3.63, 3.8) is 0 Å². The van der Waals surface area contributed by atoms with Gasteiger partial charge in [0.15, 0.2) is 0 Å². The number of hydrogen-bond donors (Lipinski definition) is 1. The van der Waals surface area contributed by atoms with Crippen molar-refractivity contribution in [2.45, 2.75) is 26.2 Å². The Hall–Kier alpha value is -1.82. The number of hydrogen-bond acceptors (Lipinski definition) is 2. The van der Waals surface area contributed by atoms with Gasteiger partial charge in [0.2, 0.25) is 0 Å². The topological polar surface area (TPSA) is 61.1 Å². The molecule has 0 saturated carbocycles. The standard InChI is InChI=1S/C13H15NO2/c1-2-10-3-5-11(6-4-10)7-12(9-14)8-13(15)16/h3-6,12H,2,7-8H2,1H3,(H,15,16). The molecule has 0 saturated heterocycles. The normalized spacial score (nSPS) is 11.8. The van der Waals surface area contributed by atoms with Crippen molar-refractivity contribution in [2.24, 2.45) is 5.92 Å². The maximum absolute atomic E-state index is 10.5. The Bertz CT molecular complexity index is 389. The first-order valence-electron chi connectivity index (χ1n) is 5.35. The lowest BCUT2D eigenvalue weighted by atomic mass is 9.97. The molecule has 0 fully saturated rings. The Morgan fingerprint density at radius 3 is 2.38 bits per heavy atom. The second kappa shape index (κ2) is 5.92. The Kier molecular flexibility index (Phi) is 4.53. The quantitative estimate of drug-likeness (QED) is 0.823. The van der Waals surface area contributed by atoms with E-state index in [4.69, 9.17) is 10.4 Å². The van der Waals surface area contributed by atoms with E-state index in [2.05, 4.69) is 6.92 Å². The molecule has 1 aromatic carbocycles. The Balaban J connectivity index is 2.64. The van der Waals surface area contributed by atoms with Crippen LogP contribution in [0.2, 0.25) is 0 Å². The van der Waals surface area contributed by atoms with Crippen LogP contribution in [0.3, 0.4) is 0 Å². The van der Waals surface area contributed by atoms with Gasteiger partial charge in [-0.25, -0.2) is 0 Å². The van der Waals surface area contributed by atoms with Gasteiger partial charge < -0.3 is 5.11 Å². The summed E-state index contributed by atoms with van der Waals surface area (Å²) < 4.78 is 0. The van der Waals surface area contributed by atoms with E-state index in [1.54, 1.807) is 0 Å². The second-order valence-electron chi connectivity index (χ2n) is 3.80. The van der Waals surface area contributed by atoms with Gasteiger partial charge in [0.25, 0.3) is 0 Å². The molecule has 1 rings (SSSR count). The summed E-state index contributed by atoms with van der Waals surface area (Å²) in [5.74, 6) is -1.36. The van der Waals surface area contributed by atoms with Crippen LogP contribution in [0, 0.1) is 17.2 Å². The van der Waals surface area contributed by atoms with E-state index >= 15 is 0 Å². The first-order valence-corrected chi connectivity index (χ1v) is 5.35. The molecule has 0 aromatic heterocycles. The molecule has 1 atom stereocenters. The monoisotopic (exact) mass is 217 g/mol. The minimum absolute atomic E-state index is 0.0912. The first kappa shape index (κ1) is 12.3. The van der Waals surface area contributed by atoms with Gasteiger partial charge in [-0.15, -0.1) is 0 Å². The lowest BCUT2D eigenvalue weighted by molar-refractivity contribution is -0.137. The molecule has 0 bridgehead atoms. The van der Waals surface area contributed by atoms with Gasteiger partial charge in [0.1, 0.15) is 0 Å². The molecule has 0 aliphatic rings. The van der Waals surface area contributed by atoms with Gasteiger partial charge in [0, 0.05) is 0 Å². The smallest absolute Gasteiger partial charge is 0.304 e. The first-order chi connectivity index (χ1) is 7.65. The Morgan fingerprint density at radius 1 is 1.38 bits per heavy atom. The molecule has 3 heteroatoms. The van der Waals surface area contributed by atoms with Crippen molar-refractivity contribution in [2.75, 3.05) is 0 Å². The summed E-state index contributed by atoms with van der Waals surface area (Å²) in [5.41, 5.74) is 2.26. The van der Waals surface area contributed by atoms with E-state index < -0.39 is 11.9 Å². The van der Waals surface area contributed by atoms with Gasteiger partial charge in [-0.3, -0.25) is 4.79 Å². The maximum Gasteiger partial charge on any atom is 0.304 e. The average Bonchev–Trinajstić information content (AvgIpc) is 2.28. The van der Waals surface area contributed by atoms with E-state index in [-0.39, 0.29) is 6.42 Å². The molecule has 3 nitrogen and oxygen atoms in total. The fraction of sp³-hybridized carbons (Fsp3) is 0.385. The molecule has 0 spiro atoms. The molecule has 16 heavy (non-hydrogen) atoms. The molecular formula is C13H15NO2. The van der Waals surface area contributed by atoms with E-state index in [9.17, 15) is 4.79 Å². The third kappa shape index (κ3) is 3.74. The number of aryl methyl sites for hydroxylation is 1. The summed E-state index contributed by atoms with van der Waals surface area (Å²) in [5, 5.41) is 17.4. The molecule has 1 aromatic rings. The van der Waals surface area contributed by atoms with Crippen molar-refractivity contribution in [3.05, 3.63) is 35.4 Å². The maximum atomic E-state index is 10.5. The predicted octanol–water partition coefficient (Wildman–Crippen LogP) is 2.41. The molecule has 0 aliphatic carbocycles. The van der Waals surface area contributed by atoms with Gasteiger partial charge in [-0.2, -0.15) is 5.26 Å². The summed E-state index contributed by atoms with van der Waals surface area (Å²) in [6, 6.07) is 9.99. The van der Waals surface area contributed by atoms with Crippen LogP contribution < -0.4 is 0 Å². The van der Waals surface area contributed by atoms with Crippen LogP contribution in [0.5, 0.6) is 0 Å². The van der Waals surface area contributed by atoms with Crippen LogP contribution in [0.1, 0.15) is 24.5 Å². The van der Waals surface area contributed by atoms with E-state index in [1.165, 1.54) is 5.56 Å². The number of nitriles is 1. The van der Waals surface area contributed by atoms with Crippen LogP contribution >= 0.6 is 0 Å². The van der Waals surface area contributed by atoms with E-state index in [1.807, 2.05) is 30.3 Å². The van der Waals surface area contributed by atoms with Crippen molar-refractivity contribution in [3.8, 4) is 6.07 Å². The number of benzene rings is 1. The van der Waals surface area contributed by atoms with Crippen LogP contribution in [0.25, 0.3) is 0 Å². The fourth-order valence-electron chi connectivity index (χ4n) is 1.57. The molecule has 0 heterocycles. The Morgan fingerprint density at radius 2 is 1.94 bits per heavy atom. The van der Waals surface area contributed by atoms with Gasteiger partial charge in [-0.1, -0.05) is 31.2 Å². The molecule has 1 unspecified atom stereocenters. The fourth-order valence-corrected chi connectivity index (χ4v) is 1.57. The molecule has 1 N–H and O–H groups in total. The van der Waals surface area contributed by atoms with Gasteiger partial charge in [0.05, 0.1) is 18.4 Å². The number of rotatable bonds is 5. The lowest BCUT2D eigenvalue weighted by Gasteiger charge is -2.06. The summed E-state index contributed by atoms with van der Waals surface area (Å²) in [4.78, 5) is 10.5. The summed E-state index contributed by atoms with van der Waals surface area (Å²) in [6.07, 6.45) is 1.40. The number of aliphatic carboxylic acids is 1.